The highest BCUT2D eigenvalue weighted by Crippen LogP contribution is 2.28. The van der Waals surface area contributed by atoms with E-state index in [1.54, 1.807) is 20.8 Å². The summed E-state index contributed by atoms with van der Waals surface area (Å²) in [5.74, 6) is -1.81. The summed E-state index contributed by atoms with van der Waals surface area (Å²) in [5.41, 5.74) is -0.952. The zero-order valence-electron chi connectivity index (χ0n) is 14.2. The Morgan fingerprint density at radius 1 is 1.24 bits per heavy atom. The molecule has 1 rings (SSSR count). The van der Waals surface area contributed by atoms with Crippen molar-refractivity contribution in [3.8, 4) is 5.75 Å². The zero-order valence-corrected chi connectivity index (χ0v) is 14.2. The van der Waals surface area contributed by atoms with Gasteiger partial charge in [0.25, 0.3) is 5.91 Å². The summed E-state index contributed by atoms with van der Waals surface area (Å²) in [4.78, 5) is 45.0. The van der Waals surface area contributed by atoms with E-state index in [1.807, 2.05) is 5.32 Å². The Hall–Kier alpha value is -3.17. The Morgan fingerprint density at radius 3 is 2.40 bits per heavy atom. The van der Waals surface area contributed by atoms with Crippen LogP contribution >= 0.6 is 0 Å². The standard InChI is InChI=1S/C15H19N3O7/c1-15(2,3)17-14(21)16-12(19)8-25-11-7-9(13(20)24-4)5-6-10(11)18(22)23/h5-7H,8H2,1-4H3,(H2,16,17,19,21). The molecule has 0 unspecified atom stereocenters. The lowest BCUT2D eigenvalue weighted by atomic mass is 10.1. The average molecular weight is 353 g/mol. The number of nitrogens with zero attached hydrogens (tertiary/aromatic N) is 1. The molecule has 0 aliphatic heterocycles. The largest absolute Gasteiger partial charge is 0.477 e. The van der Waals surface area contributed by atoms with Gasteiger partial charge in [0, 0.05) is 17.7 Å². The first kappa shape index (κ1) is 19.9. The summed E-state index contributed by atoms with van der Waals surface area (Å²) in [6.07, 6.45) is 0. The van der Waals surface area contributed by atoms with Crippen molar-refractivity contribution in [3.05, 3.63) is 33.9 Å². The number of benzene rings is 1. The van der Waals surface area contributed by atoms with Crippen molar-refractivity contribution in [2.45, 2.75) is 26.3 Å². The maximum atomic E-state index is 11.7. The highest BCUT2D eigenvalue weighted by atomic mass is 16.6. The first-order chi connectivity index (χ1) is 11.5. The Bertz CT molecular complexity index is 695. The Morgan fingerprint density at radius 2 is 1.88 bits per heavy atom. The number of amides is 3. The second-order valence-electron chi connectivity index (χ2n) is 5.97. The third-order valence-electron chi connectivity index (χ3n) is 2.68. The molecule has 0 bridgehead atoms. The van der Waals surface area contributed by atoms with Crippen molar-refractivity contribution in [1.29, 1.82) is 0 Å². The van der Waals surface area contributed by atoms with Crippen molar-refractivity contribution in [2.24, 2.45) is 0 Å². The number of carbonyl (C=O) groups excluding carboxylic acids is 3. The summed E-state index contributed by atoms with van der Waals surface area (Å²) < 4.78 is 9.60. The van der Waals surface area contributed by atoms with Crippen molar-refractivity contribution < 1.29 is 28.8 Å². The molecular formula is C15H19N3O7. The Balaban J connectivity index is 2.81. The van der Waals surface area contributed by atoms with Gasteiger partial charge in [-0.05, 0) is 26.8 Å². The summed E-state index contributed by atoms with van der Waals surface area (Å²) in [5, 5.41) is 15.5. The van der Waals surface area contributed by atoms with Gasteiger partial charge in [0.1, 0.15) is 0 Å². The van der Waals surface area contributed by atoms with Gasteiger partial charge in [0.2, 0.25) is 0 Å². The number of hydrogen-bond donors (Lipinski definition) is 2. The van der Waals surface area contributed by atoms with E-state index in [4.69, 9.17) is 4.74 Å². The fourth-order valence-corrected chi connectivity index (χ4v) is 1.70. The maximum absolute atomic E-state index is 11.7. The lowest BCUT2D eigenvalue weighted by Crippen LogP contribution is -2.49. The number of rotatable bonds is 5. The minimum absolute atomic E-state index is 0.0222. The Kier molecular flexibility index (Phi) is 6.43. The van der Waals surface area contributed by atoms with Gasteiger partial charge < -0.3 is 14.8 Å². The molecule has 0 saturated carbocycles. The minimum Gasteiger partial charge on any atom is -0.477 e. The number of nitrogens with one attached hydrogen (secondary N) is 2. The molecule has 136 valence electrons. The normalized spacial score (nSPS) is 10.6. The highest BCUT2D eigenvalue weighted by molar-refractivity contribution is 5.95. The first-order valence-electron chi connectivity index (χ1n) is 7.15. The average Bonchev–Trinajstić information content (AvgIpc) is 2.49. The van der Waals surface area contributed by atoms with Crippen LogP contribution in [0.4, 0.5) is 10.5 Å². The van der Waals surface area contributed by atoms with Crippen LogP contribution in [0, 0.1) is 10.1 Å². The third-order valence-corrected chi connectivity index (χ3v) is 2.68. The van der Waals surface area contributed by atoms with Crippen molar-refractivity contribution in [2.75, 3.05) is 13.7 Å². The number of nitro benzene ring substituents is 1. The van der Waals surface area contributed by atoms with Crippen LogP contribution in [0.3, 0.4) is 0 Å². The second kappa shape index (κ2) is 8.08. The van der Waals surface area contributed by atoms with E-state index < -0.39 is 40.7 Å². The molecule has 0 aromatic heterocycles. The maximum Gasteiger partial charge on any atom is 0.337 e. The number of urea groups is 1. The van der Waals surface area contributed by atoms with Gasteiger partial charge in [0.05, 0.1) is 17.6 Å². The van der Waals surface area contributed by atoms with Crippen molar-refractivity contribution >= 4 is 23.6 Å². The first-order valence-corrected chi connectivity index (χ1v) is 7.15. The molecule has 25 heavy (non-hydrogen) atoms. The summed E-state index contributed by atoms with van der Waals surface area (Å²) in [6, 6.07) is 2.63. The van der Waals surface area contributed by atoms with Crippen LogP contribution in [0.1, 0.15) is 31.1 Å². The van der Waals surface area contributed by atoms with Crippen LogP contribution in [-0.4, -0.2) is 42.1 Å². The fourth-order valence-electron chi connectivity index (χ4n) is 1.70. The van der Waals surface area contributed by atoms with E-state index in [0.717, 1.165) is 19.2 Å². The van der Waals surface area contributed by atoms with Gasteiger partial charge in [-0.15, -0.1) is 0 Å². The van der Waals surface area contributed by atoms with Crippen LogP contribution in [0.5, 0.6) is 5.75 Å². The number of imide groups is 1. The van der Waals surface area contributed by atoms with Crippen molar-refractivity contribution in [1.82, 2.24) is 10.6 Å². The van der Waals surface area contributed by atoms with Crippen LogP contribution in [0.2, 0.25) is 0 Å². The topological polar surface area (TPSA) is 137 Å². The van der Waals surface area contributed by atoms with E-state index in [9.17, 15) is 24.5 Å². The highest BCUT2D eigenvalue weighted by Gasteiger charge is 2.20. The number of carbonyl (C=O) groups is 3. The van der Waals surface area contributed by atoms with E-state index in [2.05, 4.69) is 10.1 Å². The van der Waals surface area contributed by atoms with Crippen LogP contribution < -0.4 is 15.4 Å². The monoisotopic (exact) mass is 353 g/mol. The minimum atomic E-state index is -0.806. The predicted octanol–water partition coefficient (Wildman–Crippen LogP) is 1.38. The molecule has 0 heterocycles. The summed E-state index contributed by atoms with van der Waals surface area (Å²) in [6.45, 7) is 4.54. The smallest absolute Gasteiger partial charge is 0.337 e. The van der Waals surface area contributed by atoms with Crippen LogP contribution in [-0.2, 0) is 9.53 Å². The van der Waals surface area contributed by atoms with Crippen molar-refractivity contribution in [3.63, 3.8) is 0 Å². The van der Waals surface area contributed by atoms with Gasteiger partial charge in [-0.25, -0.2) is 9.59 Å². The van der Waals surface area contributed by atoms with Gasteiger partial charge in [0.15, 0.2) is 12.4 Å². The number of hydrogen-bond acceptors (Lipinski definition) is 7. The van der Waals surface area contributed by atoms with Crippen LogP contribution in [0.25, 0.3) is 0 Å². The van der Waals surface area contributed by atoms with E-state index in [1.165, 1.54) is 6.07 Å². The number of nitro groups is 1. The number of ether oxygens (including phenoxy) is 2. The lowest BCUT2D eigenvalue weighted by molar-refractivity contribution is -0.385. The zero-order chi connectivity index (χ0) is 19.2. The summed E-state index contributed by atoms with van der Waals surface area (Å²) in [7, 11) is 1.16. The molecule has 1 aromatic carbocycles. The Labute approximate surface area is 143 Å². The SMILES string of the molecule is COC(=O)c1ccc([N+](=O)[O-])c(OCC(=O)NC(=O)NC(C)(C)C)c1. The predicted molar refractivity (Wildman–Crippen MR) is 86.4 cm³/mol. The number of methoxy groups -OCH3 is 1. The van der Waals surface area contributed by atoms with E-state index in [0.29, 0.717) is 0 Å². The molecule has 1 aromatic rings. The molecule has 0 atom stereocenters. The molecule has 0 spiro atoms. The number of esters is 1. The fraction of sp³-hybridized carbons (Fsp3) is 0.400. The lowest BCUT2D eigenvalue weighted by Gasteiger charge is -2.20. The van der Waals surface area contributed by atoms with E-state index >= 15 is 0 Å². The molecule has 0 aliphatic carbocycles. The molecule has 0 radical (unpaired) electrons. The van der Waals surface area contributed by atoms with Gasteiger partial charge >= 0.3 is 17.7 Å². The molecule has 0 saturated heterocycles. The molecule has 0 fully saturated rings. The molecule has 0 aliphatic rings. The van der Waals surface area contributed by atoms with Gasteiger partial charge in [-0.1, -0.05) is 0 Å². The molecular weight excluding hydrogens is 334 g/mol. The van der Waals surface area contributed by atoms with Gasteiger partial charge in [-0.3, -0.25) is 20.2 Å². The van der Waals surface area contributed by atoms with Gasteiger partial charge in [-0.2, -0.15) is 0 Å². The van der Waals surface area contributed by atoms with E-state index in [-0.39, 0.29) is 11.3 Å². The third kappa shape index (κ3) is 6.45. The summed E-state index contributed by atoms with van der Waals surface area (Å²) >= 11 is 0. The molecule has 10 nitrogen and oxygen atoms in total. The molecule has 3 amide bonds. The molecule has 2 N–H and O–H groups in total. The quantitative estimate of drug-likeness (QED) is 0.463. The van der Waals surface area contributed by atoms with Crippen LogP contribution in [0.15, 0.2) is 18.2 Å². The second-order valence-corrected chi connectivity index (χ2v) is 5.97. The molecule has 10 heteroatoms.